The number of nitrogens with zero attached hydrogens (tertiary/aromatic N) is 1. The van der Waals surface area contributed by atoms with E-state index in [0.29, 0.717) is 18.8 Å². The zero-order chi connectivity index (χ0) is 13.1. The summed E-state index contributed by atoms with van der Waals surface area (Å²) in [7, 11) is 0. The van der Waals surface area contributed by atoms with Gasteiger partial charge in [0.1, 0.15) is 5.76 Å². The minimum Gasteiger partial charge on any atom is -0.455 e. The monoisotopic (exact) mass is 254 g/mol. The molecule has 6 heteroatoms. The van der Waals surface area contributed by atoms with E-state index in [1.54, 1.807) is 17.0 Å². The van der Waals surface area contributed by atoms with Gasteiger partial charge in [-0.1, -0.05) is 0 Å². The number of morpholine rings is 1. The molecule has 0 radical (unpaired) electrons. The number of hydrogen-bond acceptors (Lipinski definition) is 5. The van der Waals surface area contributed by atoms with Gasteiger partial charge in [0, 0.05) is 13.1 Å². The number of carbonyl (C=O) groups excluding carboxylic acids is 1. The first-order valence-electron chi connectivity index (χ1n) is 5.98. The van der Waals surface area contributed by atoms with Crippen LogP contribution in [-0.2, 0) is 11.3 Å². The molecule has 2 rings (SSSR count). The van der Waals surface area contributed by atoms with Gasteiger partial charge in [-0.2, -0.15) is 0 Å². The smallest absolute Gasteiger partial charge is 0.289 e. The lowest BCUT2D eigenvalue weighted by atomic mass is 10.2. The summed E-state index contributed by atoms with van der Waals surface area (Å²) in [6.45, 7) is 2.91. The minimum absolute atomic E-state index is 0.0937. The number of aliphatic hydroxyl groups is 1. The molecule has 1 aromatic heterocycles. The Bertz CT molecular complexity index is 418. The van der Waals surface area contributed by atoms with E-state index in [0.717, 1.165) is 0 Å². The molecule has 2 atom stereocenters. The van der Waals surface area contributed by atoms with E-state index in [4.69, 9.17) is 20.0 Å². The molecule has 0 saturated carbocycles. The summed E-state index contributed by atoms with van der Waals surface area (Å²) >= 11 is 0. The largest absolute Gasteiger partial charge is 0.455 e. The molecule has 0 aliphatic carbocycles. The van der Waals surface area contributed by atoms with Crippen molar-refractivity contribution >= 4 is 5.91 Å². The van der Waals surface area contributed by atoms with E-state index >= 15 is 0 Å². The van der Waals surface area contributed by atoms with Crippen molar-refractivity contribution in [3.8, 4) is 0 Å². The van der Waals surface area contributed by atoms with Crippen LogP contribution in [0.15, 0.2) is 16.5 Å². The summed E-state index contributed by atoms with van der Waals surface area (Å²) < 4.78 is 10.8. The SMILES string of the molecule is CC1CN(C(=O)c2ccc(CN)o2)CC(CO)O1. The van der Waals surface area contributed by atoms with Crippen LogP contribution in [0.1, 0.15) is 23.2 Å². The second-order valence-corrected chi connectivity index (χ2v) is 4.43. The fourth-order valence-electron chi connectivity index (χ4n) is 2.07. The van der Waals surface area contributed by atoms with Gasteiger partial charge >= 0.3 is 0 Å². The summed E-state index contributed by atoms with van der Waals surface area (Å²) in [5, 5.41) is 9.12. The maximum Gasteiger partial charge on any atom is 0.289 e. The van der Waals surface area contributed by atoms with E-state index in [1.165, 1.54) is 0 Å². The van der Waals surface area contributed by atoms with E-state index in [2.05, 4.69) is 0 Å². The zero-order valence-corrected chi connectivity index (χ0v) is 10.3. The molecular formula is C12H18N2O4. The molecule has 0 spiro atoms. The molecule has 1 fully saturated rings. The number of hydrogen-bond donors (Lipinski definition) is 2. The van der Waals surface area contributed by atoms with Gasteiger partial charge in [-0.3, -0.25) is 4.79 Å². The fourth-order valence-corrected chi connectivity index (χ4v) is 2.07. The van der Waals surface area contributed by atoms with Crippen molar-refractivity contribution in [1.82, 2.24) is 4.90 Å². The van der Waals surface area contributed by atoms with Crippen molar-refractivity contribution in [3.05, 3.63) is 23.7 Å². The fraction of sp³-hybridized carbons (Fsp3) is 0.583. The summed E-state index contributed by atoms with van der Waals surface area (Å²) in [5.74, 6) is 0.669. The van der Waals surface area contributed by atoms with Gasteiger partial charge in [-0.15, -0.1) is 0 Å². The first-order valence-corrected chi connectivity index (χ1v) is 5.98. The van der Waals surface area contributed by atoms with Crippen molar-refractivity contribution in [2.45, 2.75) is 25.7 Å². The number of amides is 1. The molecule has 1 aromatic rings. The molecule has 100 valence electrons. The Labute approximate surface area is 105 Å². The molecule has 1 amide bonds. The number of ether oxygens (including phenoxy) is 1. The molecule has 2 unspecified atom stereocenters. The zero-order valence-electron chi connectivity index (χ0n) is 10.3. The Balaban J connectivity index is 2.07. The lowest BCUT2D eigenvalue weighted by Crippen LogP contribution is -2.50. The van der Waals surface area contributed by atoms with Gasteiger partial charge in [-0.05, 0) is 19.1 Å². The Kier molecular flexibility index (Phi) is 4.00. The first-order chi connectivity index (χ1) is 8.63. The van der Waals surface area contributed by atoms with Crippen molar-refractivity contribution in [2.24, 2.45) is 5.73 Å². The first kappa shape index (κ1) is 13.1. The molecule has 3 N–H and O–H groups in total. The minimum atomic E-state index is -0.332. The molecule has 6 nitrogen and oxygen atoms in total. The Morgan fingerprint density at radius 3 is 2.94 bits per heavy atom. The van der Waals surface area contributed by atoms with E-state index in [9.17, 15) is 4.79 Å². The maximum absolute atomic E-state index is 12.2. The third kappa shape index (κ3) is 2.72. The van der Waals surface area contributed by atoms with Gasteiger partial charge in [-0.25, -0.2) is 0 Å². The molecule has 1 aliphatic rings. The molecular weight excluding hydrogens is 236 g/mol. The Hall–Kier alpha value is -1.37. The average Bonchev–Trinajstić information content (AvgIpc) is 2.85. The quantitative estimate of drug-likeness (QED) is 0.790. The van der Waals surface area contributed by atoms with Crippen LogP contribution in [-0.4, -0.2) is 47.8 Å². The number of rotatable bonds is 3. The van der Waals surface area contributed by atoms with Crippen LogP contribution in [0.3, 0.4) is 0 Å². The number of carbonyl (C=O) groups is 1. The van der Waals surface area contributed by atoms with Crippen LogP contribution in [0.2, 0.25) is 0 Å². The van der Waals surface area contributed by atoms with Crippen molar-refractivity contribution in [3.63, 3.8) is 0 Å². The highest BCUT2D eigenvalue weighted by molar-refractivity contribution is 5.91. The third-order valence-electron chi connectivity index (χ3n) is 2.89. The summed E-state index contributed by atoms with van der Waals surface area (Å²) in [6.07, 6.45) is -0.426. The molecule has 2 heterocycles. The van der Waals surface area contributed by atoms with E-state index in [-0.39, 0.29) is 37.0 Å². The van der Waals surface area contributed by atoms with Crippen molar-refractivity contribution in [1.29, 1.82) is 0 Å². The number of aliphatic hydroxyl groups excluding tert-OH is 1. The van der Waals surface area contributed by atoms with Gasteiger partial charge < -0.3 is 24.9 Å². The van der Waals surface area contributed by atoms with Gasteiger partial charge in [0.25, 0.3) is 5.91 Å². The Morgan fingerprint density at radius 2 is 2.33 bits per heavy atom. The second kappa shape index (κ2) is 5.51. The van der Waals surface area contributed by atoms with Crippen LogP contribution in [0.4, 0.5) is 0 Å². The molecule has 0 aromatic carbocycles. The topological polar surface area (TPSA) is 88.9 Å². The third-order valence-corrected chi connectivity index (χ3v) is 2.89. The molecule has 18 heavy (non-hydrogen) atoms. The Morgan fingerprint density at radius 1 is 1.56 bits per heavy atom. The average molecular weight is 254 g/mol. The highest BCUT2D eigenvalue weighted by Gasteiger charge is 2.29. The van der Waals surface area contributed by atoms with Gasteiger partial charge in [0.2, 0.25) is 0 Å². The number of nitrogens with two attached hydrogens (primary N) is 1. The molecule has 1 aliphatic heterocycles. The summed E-state index contributed by atoms with van der Waals surface area (Å²) in [6, 6.07) is 3.32. The normalized spacial score (nSPS) is 24.3. The molecule has 0 bridgehead atoms. The van der Waals surface area contributed by atoms with Crippen molar-refractivity contribution < 1.29 is 19.1 Å². The van der Waals surface area contributed by atoms with E-state index < -0.39 is 0 Å². The predicted molar refractivity (Wildman–Crippen MR) is 63.9 cm³/mol. The second-order valence-electron chi connectivity index (χ2n) is 4.43. The lowest BCUT2D eigenvalue weighted by Gasteiger charge is -2.35. The van der Waals surface area contributed by atoms with Gasteiger partial charge in [0.15, 0.2) is 5.76 Å². The van der Waals surface area contributed by atoms with Crippen LogP contribution in [0.5, 0.6) is 0 Å². The standard InChI is InChI=1S/C12H18N2O4/c1-8-5-14(6-10(7-15)17-8)12(16)11-3-2-9(4-13)18-11/h2-3,8,10,15H,4-7,13H2,1H3. The summed E-state index contributed by atoms with van der Waals surface area (Å²) in [5.41, 5.74) is 5.44. The predicted octanol–water partition coefficient (Wildman–Crippen LogP) is -0.0399. The summed E-state index contributed by atoms with van der Waals surface area (Å²) in [4.78, 5) is 13.8. The van der Waals surface area contributed by atoms with Crippen LogP contribution in [0.25, 0.3) is 0 Å². The maximum atomic E-state index is 12.2. The highest BCUT2D eigenvalue weighted by atomic mass is 16.5. The lowest BCUT2D eigenvalue weighted by molar-refractivity contribution is -0.0863. The number of furan rings is 1. The van der Waals surface area contributed by atoms with Crippen LogP contribution < -0.4 is 5.73 Å². The van der Waals surface area contributed by atoms with E-state index in [1.807, 2.05) is 6.92 Å². The van der Waals surface area contributed by atoms with Crippen LogP contribution >= 0.6 is 0 Å². The van der Waals surface area contributed by atoms with Crippen molar-refractivity contribution in [2.75, 3.05) is 19.7 Å². The molecule has 1 saturated heterocycles. The highest BCUT2D eigenvalue weighted by Crippen LogP contribution is 2.16. The van der Waals surface area contributed by atoms with Crippen LogP contribution in [0, 0.1) is 0 Å². The van der Waals surface area contributed by atoms with Gasteiger partial charge in [0.05, 0.1) is 25.4 Å².